The molecule has 0 saturated carbocycles. The van der Waals surface area contributed by atoms with Crippen molar-refractivity contribution >= 4 is 27.4 Å². The van der Waals surface area contributed by atoms with E-state index in [9.17, 15) is 14.9 Å². The molecule has 0 bridgehead atoms. The molecular weight excluding hydrogens is 338 g/mol. The van der Waals surface area contributed by atoms with Crippen LogP contribution in [0.15, 0.2) is 46.9 Å². The van der Waals surface area contributed by atoms with Crippen LogP contribution in [-0.2, 0) is 0 Å². The van der Waals surface area contributed by atoms with Gasteiger partial charge in [0.2, 0.25) is 0 Å². The first-order valence-corrected chi connectivity index (χ1v) is 6.93. The molecule has 2 rings (SSSR count). The summed E-state index contributed by atoms with van der Waals surface area (Å²) in [5, 5.41) is 10.7. The normalized spacial score (nSPS) is 10.2. The van der Waals surface area contributed by atoms with E-state index in [2.05, 4.69) is 15.9 Å². The largest absolute Gasteiger partial charge is 0.485 e. The van der Waals surface area contributed by atoms with Gasteiger partial charge in [-0.1, -0.05) is 28.1 Å². The number of ether oxygens (including phenoxy) is 1. The molecule has 108 valence electrons. The smallest absolute Gasteiger partial charge is 0.273 e. The van der Waals surface area contributed by atoms with Crippen molar-refractivity contribution in [1.82, 2.24) is 0 Å². The number of hydrogen-bond donors (Lipinski definition) is 0. The molecule has 0 atom stereocenters. The van der Waals surface area contributed by atoms with E-state index in [1.807, 2.05) is 0 Å². The number of nitro benzene ring substituents is 1. The Bertz CT molecular complexity index is 683. The number of rotatable bonds is 5. The van der Waals surface area contributed by atoms with Crippen LogP contribution in [0.2, 0.25) is 0 Å². The molecule has 21 heavy (non-hydrogen) atoms. The molecule has 0 saturated heterocycles. The Morgan fingerprint density at radius 1 is 1.24 bits per heavy atom. The van der Waals surface area contributed by atoms with Gasteiger partial charge in [0.25, 0.3) is 5.69 Å². The van der Waals surface area contributed by atoms with E-state index < -0.39 is 4.92 Å². The molecular formula is C15H12BrNO4. The number of carbonyl (C=O) groups is 1. The van der Waals surface area contributed by atoms with E-state index in [0.717, 1.165) is 10.0 Å². The summed E-state index contributed by atoms with van der Waals surface area (Å²) in [7, 11) is 0. The van der Waals surface area contributed by atoms with Gasteiger partial charge in [0.1, 0.15) is 5.75 Å². The van der Waals surface area contributed by atoms with Crippen molar-refractivity contribution in [2.24, 2.45) is 0 Å². The summed E-state index contributed by atoms with van der Waals surface area (Å²) in [5.74, 6) is 0.156. The second kappa shape index (κ2) is 6.49. The zero-order valence-electron chi connectivity index (χ0n) is 11.2. The Morgan fingerprint density at radius 2 is 1.90 bits per heavy atom. The highest BCUT2D eigenvalue weighted by Gasteiger charge is 2.12. The quantitative estimate of drug-likeness (QED) is 0.465. The van der Waals surface area contributed by atoms with Gasteiger partial charge in [0.15, 0.2) is 12.4 Å². The SMILES string of the molecule is Cc1ccc([N+](=O)[O-])cc1OCC(=O)c1ccc(Br)cc1. The second-order valence-corrected chi connectivity index (χ2v) is 5.34. The van der Waals surface area contributed by atoms with Gasteiger partial charge >= 0.3 is 0 Å². The van der Waals surface area contributed by atoms with Crippen LogP contribution in [0.4, 0.5) is 5.69 Å². The van der Waals surface area contributed by atoms with Crippen LogP contribution in [0.25, 0.3) is 0 Å². The van der Waals surface area contributed by atoms with Gasteiger partial charge in [-0.05, 0) is 30.7 Å². The summed E-state index contributed by atoms with van der Waals surface area (Å²) in [6, 6.07) is 11.2. The molecule has 0 amide bonds. The van der Waals surface area contributed by atoms with E-state index >= 15 is 0 Å². The van der Waals surface area contributed by atoms with Crippen LogP contribution in [0.3, 0.4) is 0 Å². The fourth-order valence-electron chi connectivity index (χ4n) is 1.72. The summed E-state index contributed by atoms with van der Waals surface area (Å²) in [5.41, 5.74) is 1.21. The van der Waals surface area contributed by atoms with Crippen LogP contribution >= 0.6 is 15.9 Å². The number of benzene rings is 2. The Balaban J connectivity index is 2.09. The third-order valence-corrected chi connectivity index (χ3v) is 3.44. The number of carbonyl (C=O) groups excluding carboxylic acids is 1. The molecule has 0 aliphatic rings. The number of non-ortho nitro benzene ring substituents is 1. The van der Waals surface area contributed by atoms with E-state index in [1.54, 1.807) is 37.3 Å². The van der Waals surface area contributed by atoms with E-state index in [-0.39, 0.29) is 18.1 Å². The van der Waals surface area contributed by atoms with Gasteiger partial charge < -0.3 is 4.74 Å². The summed E-state index contributed by atoms with van der Waals surface area (Å²) >= 11 is 3.29. The topological polar surface area (TPSA) is 69.4 Å². The number of halogens is 1. The highest BCUT2D eigenvalue weighted by atomic mass is 79.9. The highest BCUT2D eigenvalue weighted by Crippen LogP contribution is 2.24. The predicted octanol–water partition coefficient (Wildman–Crippen LogP) is 3.93. The zero-order valence-corrected chi connectivity index (χ0v) is 12.8. The van der Waals surface area contributed by atoms with Crippen LogP contribution in [0.5, 0.6) is 5.75 Å². The van der Waals surface area contributed by atoms with Gasteiger partial charge in [0.05, 0.1) is 11.0 Å². The highest BCUT2D eigenvalue weighted by molar-refractivity contribution is 9.10. The van der Waals surface area contributed by atoms with Crippen molar-refractivity contribution in [1.29, 1.82) is 0 Å². The lowest BCUT2D eigenvalue weighted by Gasteiger charge is -2.08. The first kappa shape index (κ1) is 15.2. The van der Waals surface area contributed by atoms with Crippen molar-refractivity contribution in [3.63, 3.8) is 0 Å². The lowest BCUT2D eigenvalue weighted by Crippen LogP contribution is -2.12. The summed E-state index contributed by atoms with van der Waals surface area (Å²) in [6.45, 7) is 1.60. The molecule has 0 radical (unpaired) electrons. The maximum Gasteiger partial charge on any atom is 0.273 e. The first-order valence-electron chi connectivity index (χ1n) is 6.14. The Labute approximate surface area is 129 Å². The minimum Gasteiger partial charge on any atom is -0.485 e. The molecule has 0 heterocycles. The van der Waals surface area contributed by atoms with Gasteiger partial charge in [-0.15, -0.1) is 0 Å². The van der Waals surface area contributed by atoms with Crippen LogP contribution < -0.4 is 4.74 Å². The van der Waals surface area contributed by atoms with E-state index in [0.29, 0.717) is 11.3 Å². The average Bonchev–Trinajstić information content (AvgIpc) is 2.46. The minimum absolute atomic E-state index is 0.0632. The molecule has 0 fully saturated rings. The number of Topliss-reactive ketones (excluding diaryl/α,β-unsaturated/α-hetero) is 1. The monoisotopic (exact) mass is 349 g/mol. The molecule has 0 unspecified atom stereocenters. The molecule has 0 aliphatic heterocycles. The summed E-state index contributed by atoms with van der Waals surface area (Å²) < 4.78 is 6.29. The lowest BCUT2D eigenvalue weighted by atomic mass is 10.1. The lowest BCUT2D eigenvalue weighted by molar-refractivity contribution is -0.384. The van der Waals surface area contributed by atoms with Gasteiger partial charge in [-0.25, -0.2) is 0 Å². The molecule has 0 N–H and O–H groups in total. The average molecular weight is 350 g/mol. The zero-order chi connectivity index (χ0) is 15.4. The molecule has 2 aromatic rings. The summed E-state index contributed by atoms with van der Waals surface area (Å²) in [4.78, 5) is 22.2. The maximum atomic E-state index is 12.0. The van der Waals surface area contributed by atoms with Gasteiger partial charge in [-0.2, -0.15) is 0 Å². The molecule has 0 aliphatic carbocycles. The van der Waals surface area contributed by atoms with Crippen molar-refractivity contribution < 1.29 is 14.5 Å². The van der Waals surface area contributed by atoms with Crippen molar-refractivity contribution in [3.05, 3.63) is 68.2 Å². The molecule has 5 nitrogen and oxygen atoms in total. The van der Waals surface area contributed by atoms with Crippen molar-refractivity contribution in [2.75, 3.05) is 6.61 Å². The number of ketones is 1. The summed E-state index contributed by atoms with van der Waals surface area (Å²) in [6.07, 6.45) is 0. The van der Waals surface area contributed by atoms with Gasteiger partial charge in [-0.3, -0.25) is 14.9 Å². The number of nitro groups is 1. The van der Waals surface area contributed by atoms with E-state index in [4.69, 9.17) is 4.74 Å². The van der Waals surface area contributed by atoms with Crippen LogP contribution in [0, 0.1) is 17.0 Å². The van der Waals surface area contributed by atoms with Gasteiger partial charge in [0, 0.05) is 16.1 Å². The third-order valence-electron chi connectivity index (χ3n) is 2.91. The molecule has 0 aromatic heterocycles. The Morgan fingerprint density at radius 3 is 2.52 bits per heavy atom. The van der Waals surface area contributed by atoms with Crippen LogP contribution in [-0.4, -0.2) is 17.3 Å². The maximum absolute atomic E-state index is 12.0. The third kappa shape index (κ3) is 3.88. The van der Waals surface area contributed by atoms with E-state index in [1.165, 1.54) is 12.1 Å². The Kier molecular flexibility index (Phi) is 4.70. The number of nitrogens with zero attached hydrogens (tertiary/aromatic N) is 1. The fourth-order valence-corrected chi connectivity index (χ4v) is 1.98. The van der Waals surface area contributed by atoms with Crippen molar-refractivity contribution in [3.8, 4) is 5.75 Å². The standard InChI is InChI=1S/C15H12BrNO4/c1-10-2-7-13(17(19)20)8-15(10)21-9-14(18)11-3-5-12(16)6-4-11/h2-8H,9H2,1H3. The number of aryl methyl sites for hydroxylation is 1. The Hall–Kier alpha value is -2.21. The second-order valence-electron chi connectivity index (χ2n) is 4.43. The molecule has 2 aromatic carbocycles. The minimum atomic E-state index is -0.497. The fraction of sp³-hybridized carbons (Fsp3) is 0.133. The van der Waals surface area contributed by atoms with Crippen molar-refractivity contribution in [2.45, 2.75) is 6.92 Å². The number of hydrogen-bond acceptors (Lipinski definition) is 4. The molecule has 0 spiro atoms. The molecule has 6 heteroatoms. The predicted molar refractivity (Wildman–Crippen MR) is 81.8 cm³/mol. The van der Waals surface area contributed by atoms with Crippen LogP contribution in [0.1, 0.15) is 15.9 Å². The first-order chi connectivity index (χ1) is 9.97.